The van der Waals surface area contributed by atoms with Gasteiger partial charge in [0.1, 0.15) is 18.9 Å². The van der Waals surface area contributed by atoms with E-state index in [9.17, 15) is 4.39 Å². The van der Waals surface area contributed by atoms with Crippen molar-refractivity contribution in [2.45, 2.75) is 13.0 Å². The number of nitrogens with two attached hydrogens (primary N) is 1. The fourth-order valence-electron chi connectivity index (χ4n) is 1.62. The van der Waals surface area contributed by atoms with Gasteiger partial charge in [0.2, 0.25) is 0 Å². The van der Waals surface area contributed by atoms with Crippen molar-refractivity contribution in [3.05, 3.63) is 29.6 Å². The van der Waals surface area contributed by atoms with Crippen LogP contribution < -0.4 is 10.6 Å². The summed E-state index contributed by atoms with van der Waals surface area (Å²) in [6, 6.07) is 8.02. The minimum atomic E-state index is -0.467. The van der Waals surface area contributed by atoms with Crippen LogP contribution in [-0.4, -0.2) is 13.1 Å². The van der Waals surface area contributed by atoms with Crippen molar-refractivity contribution in [1.82, 2.24) is 0 Å². The van der Waals surface area contributed by atoms with Crippen LogP contribution in [0.15, 0.2) is 18.2 Å². The Hall–Kier alpha value is -2.11. The Morgan fingerprint density at radius 3 is 2.41 bits per heavy atom. The van der Waals surface area contributed by atoms with Gasteiger partial charge >= 0.3 is 0 Å². The summed E-state index contributed by atoms with van der Waals surface area (Å²) in [6.07, 6.45) is 0. The van der Waals surface area contributed by atoms with E-state index in [0.29, 0.717) is 5.56 Å². The van der Waals surface area contributed by atoms with Crippen LogP contribution in [0.5, 0.6) is 0 Å². The van der Waals surface area contributed by atoms with Gasteiger partial charge in [0.25, 0.3) is 0 Å². The molecule has 1 aromatic rings. The topological polar surface area (TPSA) is 76.8 Å². The van der Waals surface area contributed by atoms with Gasteiger partial charge in [-0.25, -0.2) is 4.39 Å². The highest BCUT2D eigenvalue weighted by atomic mass is 19.1. The Morgan fingerprint density at radius 2 is 1.94 bits per heavy atom. The smallest absolute Gasteiger partial charge is 0.146 e. The number of anilines is 1. The summed E-state index contributed by atoms with van der Waals surface area (Å²) in [5.74, 6) is -0.467. The van der Waals surface area contributed by atoms with E-state index in [1.54, 1.807) is 19.1 Å². The minimum absolute atomic E-state index is 0.0474. The van der Waals surface area contributed by atoms with Gasteiger partial charge in [0.15, 0.2) is 0 Å². The number of nitriles is 2. The first-order valence-corrected chi connectivity index (χ1v) is 5.14. The molecule has 0 aliphatic rings. The Morgan fingerprint density at radius 1 is 1.35 bits per heavy atom. The summed E-state index contributed by atoms with van der Waals surface area (Å²) < 4.78 is 13.8. The van der Waals surface area contributed by atoms with Crippen molar-refractivity contribution >= 4 is 5.69 Å². The Labute approximate surface area is 99.7 Å². The standard InChI is InChI=1S/C12H13FN4/c1-9(16)10-3-2-4-11(13)12(10)17(7-5-14)8-6-15/h2-4,9H,7-8,16H2,1H3. The molecule has 0 amide bonds. The van der Waals surface area contributed by atoms with Crippen molar-refractivity contribution in [2.24, 2.45) is 5.73 Å². The molecule has 0 bridgehead atoms. The number of nitrogens with zero attached hydrogens (tertiary/aromatic N) is 3. The average molecular weight is 232 g/mol. The highest BCUT2D eigenvalue weighted by molar-refractivity contribution is 5.57. The highest BCUT2D eigenvalue weighted by Gasteiger charge is 2.17. The second-order valence-electron chi connectivity index (χ2n) is 3.64. The molecule has 0 saturated heterocycles. The van der Waals surface area contributed by atoms with E-state index in [2.05, 4.69) is 0 Å². The third-order valence-corrected chi connectivity index (χ3v) is 2.35. The monoisotopic (exact) mass is 232 g/mol. The number of hydrogen-bond acceptors (Lipinski definition) is 4. The second-order valence-corrected chi connectivity index (χ2v) is 3.64. The van der Waals surface area contributed by atoms with E-state index in [1.807, 2.05) is 12.1 Å². The molecule has 0 radical (unpaired) electrons. The number of rotatable bonds is 4. The average Bonchev–Trinajstić information content (AvgIpc) is 2.28. The summed E-state index contributed by atoms with van der Waals surface area (Å²) in [7, 11) is 0. The van der Waals surface area contributed by atoms with Crippen LogP contribution >= 0.6 is 0 Å². The molecule has 4 nitrogen and oxygen atoms in total. The van der Waals surface area contributed by atoms with Gasteiger partial charge in [-0.1, -0.05) is 12.1 Å². The molecule has 0 aliphatic heterocycles. The first kappa shape index (κ1) is 13.0. The van der Waals surface area contributed by atoms with Crippen molar-refractivity contribution < 1.29 is 4.39 Å². The zero-order valence-electron chi connectivity index (χ0n) is 9.52. The number of hydrogen-bond donors (Lipinski definition) is 1. The second kappa shape index (κ2) is 5.83. The molecule has 0 saturated carbocycles. The van der Waals surface area contributed by atoms with Gasteiger partial charge < -0.3 is 10.6 Å². The molecule has 0 heterocycles. The Bertz CT molecular complexity index is 454. The molecule has 88 valence electrons. The van der Waals surface area contributed by atoms with Gasteiger partial charge in [0, 0.05) is 6.04 Å². The number of para-hydroxylation sites is 1. The van der Waals surface area contributed by atoms with E-state index in [-0.39, 0.29) is 24.8 Å². The van der Waals surface area contributed by atoms with Crippen molar-refractivity contribution in [3.8, 4) is 12.1 Å². The normalized spacial score (nSPS) is 11.4. The summed E-state index contributed by atoms with van der Waals surface area (Å²) in [6.45, 7) is 1.64. The summed E-state index contributed by atoms with van der Waals surface area (Å²) in [5, 5.41) is 17.4. The van der Waals surface area contributed by atoms with Crippen LogP contribution in [0.1, 0.15) is 18.5 Å². The quantitative estimate of drug-likeness (QED) is 0.801. The molecule has 0 aliphatic carbocycles. The van der Waals surface area contributed by atoms with Crippen molar-refractivity contribution in [2.75, 3.05) is 18.0 Å². The molecule has 1 unspecified atom stereocenters. The van der Waals surface area contributed by atoms with E-state index in [1.165, 1.54) is 11.0 Å². The zero-order chi connectivity index (χ0) is 12.8. The SMILES string of the molecule is CC(N)c1cccc(F)c1N(CC#N)CC#N. The predicted molar refractivity (Wildman–Crippen MR) is 62.4 cm³/mol. The predicted octanol–water partition coefficient (Wildman–Crippen LogP) is 1.70. The van der Waals surface area contributed by atoms with E-state index >= 15 is 0 Å². The van der Waals surface area contributed by atoms with Crippen molar-refractivity contribution in [1.29, 1.82) is 10.5 Å². The molecule has 1 aromatic carbocycles. The molecule has 0 spiro atoms. The molecule has 0 aromatic heterocycles. The van der Waals surface area contributed by atoms with Gasteiger partial charge in [0.05, 0.1) is 17.8 Å². The van der Waals surface area contributed by atoms with Crippen molar-refractivity contribution in [3.63, 3.8) is 0 Å². The van der Waals surface area contributed by atoms with Gasteiger partial charge in [-0.15, -0.1) is 0 Å². The van der Waals surface area contributed by atoms with Crippen LogP contribution in [0.25, 0.3) is 0 Å². The molecule has 2 N–H and O–H groups in total. The van der Waals surface area contributed by atoms with E-state index in [0.717, 1.165) is 0 Å². The maximum absolute atomic E-state index is 13.8. The molecule has 0 fully saturated rings. The first-order chi connectivity index (χ1) is 8.11. The van der Waals surface area contributed by atoms with Gasteiger partial charge in [-0.2, -0.15) is 10.5 Å². The summed E-state index contributed by atoms with van der Waals surface area (Å²) in [5.41, 5.74) is 6.59. The fourth-order valence-corrected chi connectivity index (χ4v) is 1.62. The van der Waals surface area contributed by atoms with Gasteiger partial charge in [-0.3, -0.25) is 0 Å². The third-order valence-electron chi connectivity index (χ3n) is 2.35. The number of halogens is 1. The lowest BCUT2D eigenvalue weighted by molar-refractivity contribution is 0.617. The lowest BCUT2D eigenvalue weighted by atomic mass is 10.1. The minimum Gasteiger partial charge on any atom is -0.342 e. The fraction of sp³-hybridized carbons (Fsp3) is 0.333. The molecular formula is C12H13FN4. The van der Waals surface area contributed by atoms with E-state index < -0.39 is 5.82 Å². The van der Waals surface area contributed by atoms with Crippen LogP contribution in [0, 0.1) is 28.5 Å². The highest BCUT2D eigenvalue weighted by Crippen LogP contribution is 2.28. The zero-order valence-corrected chi connectivity index (χ0v) is 9.52. The van der Waals surface area contributed by atoms with Gasteiger partial charge in [-0.05, 0) is 18.6 Å². The Kier molecular flexibility index (Phi) is 4.45. The number of benzene rings is 1. The summed E-state index contributed by atoms with van der Waals surface area (Å²) in [4.78, 5) is 1.38. The van der Waals surface area contributed by atoms with Crippen LogP contribution in [-0.2, 0) is 0 Å². The third kappa shape index (κ3) is 2.93. The molecule has 1 rings (SSSR count). The van der Waals surface area contributed by atoms with E-state index in [4.69, 9.17) is 16.3 Å². The van der Waals surface area contributed by atoms with Crippen LogP contribution in [0.3, 0.4) is 0 Å². The lowest BCUT2D eigenvalue weighted by Gasteiger charge is -2.23. The molecular weight excluding hydrogens is 219 g/mol. The first-order valence-electron chi connectivity index (χ1n) is 5.14. The maximum Gasteiger partial charge on any atom is 0.146 e. The van der Waals surface area contributed by atoms with Crippen LogP contribution in [0.2, 0.25) is 0 Å². The molecule has 1 atom stereocenters. The Balaban J connectivity index is 3.26. The van der Waals surface area contributed by atoms with Crippen LogP contribution in [0.4, 0.5) is 10.1 Å². The molecule has 17 heavy (non-hydrogen) atoms. The summed E-state index contributed by atoms with van der Waals surface area (Å²) >= 11 is 0. The lowest BCUT2D eigenvalue weighted by Crippen LogP contribution is -2.27. The molecule has 5 heteroatoms. The maximum atomic E-state index is 13.8. The largest absolute Gasteiger partial charge is 0.342 e.